The molecule has 1 aliphatic carbocycles. The topological polar surface area (TPSA) is 13.1 Å². The van der Waals surface area contributed by atoms with Crippen LogP contribution in [0.1, 0.15) is 128 Å². The molecule has 0 N–H and O–H groups in total. The molecule has 0 fully saturated rings. The lowest BCUT2D eigenvalue weighted by atomic mass is 9.67. The molecular weight excluding hydrogens is 1010 g/mol. The molecule has 414 valence electrons. The number of hydrogen-bond acceptors (Lipinski definition) is 1. The van der Waals surface area contributed by atoms with Crippen molar-refractivity contribution < 1.29 is 4.42 Å². The van der Waals surface area contributed by atoms with Gasteiger partial charge in [0.25, 0.3) is 0 Å². The first-order valence-electron chi connectivity index (χ1n) is 30.1. The lowest BCUT2D eigenvalue weighted by molar-refractivity contribution is 0.590. The maximum absolute atomic E-state index is 6.71. The predicted octanol–water partition coefficient (Wildman–Crippen LogP) is 23.1. The summed E-state index contributed by atoms with van der Waals surface area (Å²) in [4.78, 5) is 0. The first kappa shape index (κ1) is 54.5. The van der Waals surface area contributed by atoms with E-state index < -0.39 is 5.41 Å². The zero-order valence-electron chi connectivity index (χ0n) is 51.0. The van der Waals surface area contributed by atoms with Gasteiger partial charge in [-0.3, -0.25) is 0 Å². The van der Waals surface area contributed by atoms with E-state index in [0.29, 0.717) is 0 Å². The van der Waals surface area contributed by atoms with Crippen molar-refractivity contribution in [3.05, 3.63) is 287 Å². The predicted molar refractivity (Wildman–Crippen MR) is 358 cm³/mol. The van der Waals surface area contributed by atoms with Crippen LogP contribution in [0.3, 0.4) is 0 Å². The first-order valence-corrected chi connectivity index (χ1v) is 30.1. The quantitative estimate of drug-likeness (QED) is 0.148. The van der Waals surface area contributed by atoms with E-state index in [0.717, 1.165) is 33.1 Å². The van der Waals surface area contributed by atoms with Gasteiger partial charge in [0.15, 0.2) is 0 Å². The third-order valence-electron chi connectivity index (χ3n) is 18.0. The van der Waals surface area contributed by atoms with Crippen LogP contribution in [0.2, 0.25) is 0 Å². The number of furan rings is 1. The van der Waals surface area contributed by atoms with Crippen LogP contribution >= 0.6 is 0 Å². The number of fused-ring (bicyclic) bond motifs is 7. The zero-order valence-corrected chi connectivity index (χ0v) is 51.0. The summed E-state index contributed by atoms with van der Waals surface area (Å²) in [7, 11) is 0. The first-order chi connectivity index (χ1) is 40.1. The Kier molecular flexibility index (Phi) is 13.1. The van der Waals surface area contributed by atoms with Crippen molar-refractivity contribution in [2.45, 2.75) is 110 Å². The molecule has 1 heteroatoms. The van der Waals surface area contributed by atoms with Crippen molar-refractivity contribution in [1.82, 2.24) is 0 Å². The molecule has 0 radical (unpaired) electrons. The Labute approximate surface area is 498 Å². The Morgan fingerprint density at radius 2 is 0.619 bits per heavy atom. The van der Waals surface area contributed by atoms with E-state index in [1.165, 1.54) is 111 Å². The van der Waals surface area contributed by atoms with E-state index in [1.807, 2.05) is 0 Å². The highest BCUT2D eigenvalue weighted by Crippen LogP contribution is 2.59. The van der Waals surface area contributed by atoms with Crippen LogP contribution in [0.4, 0.5) is 0 Å². The van der Waals surface area contributed by atoms with Crippen molar-refractivity contribution in [3.63, 3.8) is 0 Å². The molecule has 0 saturated heterocycles. The Morgan fingerprint density at radius 1 is 0.262 bits per heavy atom. The number of para-hydroxylation sites is 1. The SMILES string of the molecule is CC(C)(C)c1ccc(-c2cc(-c3ccc(C(C)(C)C)cc3)cc(-c3cccc(C4(c5cccc(-c6cc(-c7ccc(C(C)(C)C)cc7)cc(-c7ccc(C(C)(C)C)cc7)c6)c5)c5ccccc5-c5c4ccc4oc6ccccc6c54)c3)c2)cc1. The Morgan fingerprint density at radius 3 is 1.01 bits per heavy atom. The minimum atomic E-state index is -0.734. The maximum Gasteiger partial charge on any atom is 0.136 e. The van der Waals surface area contributed by atoms with Gasteiger partial charge in [-0.2, -0.15) is 0 Å². The zero-order chi connectivity index (χ0) is 58.5. The second-order valence-corrected chi connectivity index (χ2v) is 27.8. The molecule has 12 aromatic rings. The molecular formula is C83H76O. The average Bonchev–Trinajstić information content (AvgIpc) is 1.56. The second kappa shape index (κ2) is 20.2. The summed E-state index contributed by atoms with van der Waals surface area (Å²) in [6.07, 6.45) is 0. The maximum atomic E-state index is 6.71. The summed E-state index contributed by atoms with van der Waals surface area (Å²) in [6, 6.07) is 92.5. The molecule has 11 aromatic carbocycles. The third-order valence-corrected chi connectivity index (χ3v) is 18.0. The summed E-state index contributed by atoms with van der Waals surface area (Å²) < 4.78 is 6.71. The Hall–Kier alpha value is -8.78. The average molecular weight is 1090 g/mol. The number of rotatable bonds is 8. The van der Waals surface area contributed by atoms with E-state index in [2.05, 4.69) is 326 Å². The van der Waals surface area contributed by atoms with Gasteiger partial charge in [-0.25, -0.2) is 0 Å². The van der Waals surface area contributed by atoms with Crippen molar-refractivity contribution in [2.75, 3.05) is 0 Å². The minimum absolute atomic E-state index is 0.0506. The van der Waals surface area contributed by atoms with E-state index in [9.17, 15) is 0 Å². The summed E-state index contributed by atoms with van der Waals surface area (Å²) in [5, 5.41) is 2.28. The van der Waals surface area contributed by atoms with Gasteiger partial charge in [0, 0.05) is 10.8 Å². The summed E-state index contributed by atoms with van der Waals surface area (Å²) in [6.45, 7) is 27.4. The van der Waals surface area contributed by atoms with Crippen LogP contribution in [0.15, 0.2) is 247 Å². The molecule has 0 amide bonds. The molecule has 0 saturated carbocycles. The second-order valence-electron chi connectivity index (χ2n) is 27.8. The van der Waals surface area contributed by atoms with Crippen molar-refractivity contribution in [1.29, 1.82) is 0 Å². The smallest absolute Gasteiger partial charge is 0.136 e. The minimum Gasteiger partial charge on any atom is -0.456 e. The van der Waals surface area contributed by atoms with Gasteiger partial charge in [0.2, 0.25) is 0 Å². The molecule has 13 rings (SSSR count). The van der Waals surface area contributed by atoms with Crippen molar-refractivity contribution >= 4 is 21.9 Å². The van der Waals surface area contributed by atoms with Gasteiger partial charge in [0.1, 0.15) is 11.2 Å². The molecule has 1 aromatic heterocycles. The van der Waals surface area contributed by atoms with Crippen molar-refractivity contribution in [2.24, 2.45) is 0 Å². The molecule has 0 unspecified atom stereocenters. The monoisotopic (exact) mass is 1090 g/mol. The number of hydrogen-bond donors (Lipinski definition) is 0. The summed E-state index contributed by atoms with van der Waals surface area (Å²) >= 11 is 0. The molecule has 0 atom stereocenters. The Bertz CT molecular complexity index is 4100. The lowest BCUT2D eigenvalue weighted by Gasteiger charge is -2.34. The van der Waals surface area contributed by atoms with Crippen LogP contribution in [-0.4, -0.2) is 0 Å². The number of benzene rings is 11. The fraction of sp³-hybridized carbons (Fsp3) is 0.205. The fourth-order valence-electron chi connectivity index (χ4n) is 13.1. The van der Waals surface area contributed by atoms with E-state index >= 15 is 0 Å². The molecule has 1 nitrogen and oxygen atoms in total. The summed E-state index contributed by atoms with van der Waals surface area (Å²) in [5.74, 6) is 0. The van der Waals surface area contributed by atoms with Crippen LogP contribution in [0, 0.1) is 0 Å². The molecule has 84 heavy (non-hydrogen) atoms. The van der Waals surface area contributed by atoms with Crippen LogP contribution in [0.5, 0.6) is 0 Å². The van der Waals surface area contributed by atoms with Gasteiger partial charge in [-0.15, -0.1) is 0 Å². The Balaban J connectivity index is 1.04. The lowest BCUT2D eigenvalue weighted by Crippen LogP contribution is -2.28. The largest absolute Gasteiger partial charge is 0.456 e. The van der Waals surface area contributed by atoms with Crippen LogP contribution in [-0.2, 0) is 27.1 Å². The van der Waals surface area contributed by atoms with Crippen LogP contribution < -0.4 is 0 Å². The highest BCUT2D eigenvalue weighted by molar-refractivity contribution is 6.15. The van der Waals surface area contributed by atoms with Gasteiger partial charge in [0.05, 0.1) is 5.41 Å². The summed E-state index contributed by atoms with van der Waals surface area (Å²) in [5.41, 5.74) is 28.2. The third kappa shape index (κ3) is 9.72. The normalized spacial score (nSPS) is 13.3. The van der Waals surface area contributed by atoms with Gasteiger partial charge in [-0.05, 0) is 205 Å². The van der Waals surface area contributed by atoms with Crippen molar-refractivity contribution in [3.8, 4) is 77.9 Å². The van der Waals surface area contributed by atoms with Gasteiger partial charge >= 0.3 is 0 Å². The molecule has 1 heterocycles. The van der Waals surface area contributed by atoms with Crippen LogP contribution in [0.25, 0.3) is 99.8 Å². The highest BCUT2D eigenvalue weighted by Gasteiger charge is 2.47. The van der Waals surface area contributed by atoms with E-state index in [4.69, 9.17) is 4.42 Å². The molecule has 1 aliphatic rings. The van der Waals surface area contributed by atoms with Gasteiger partial charge < -0.3 is 4.42 Å². The highest BCUT2D eigenvalue weighted by atomic mass is 16.3. The molecule has 0 aliphatic heterocycles. The van der Waals surface area contributed by atoms with Gasteiger partial charge in [-0.1, -0.05) is 265 Å². The fourth-order valence-corrected chi connectivity index (χ4v) is 13.1. The van der Waals surface area contributed by atoms with E-state index in [1.54, 1.807) is 0 Å². The van der Waals surface area contributed by atoms with E-state index in [-0.39, 0.29) is 21.7 Å². The standard InChI is InChI=1S/C83H76O/c1-79(2,3)65-35-27-53(28-36-65)59-45-60(54-29-37-66(38-30-54)80(4,5)6)48-63(47-59)57-19-17-21-69(51-57)83(73-25-15-13-23-71(73)77-74(83)43-44-76-78(77)72-24-14-16-26-75(72)84-76)70-22-18-20-58(52-70)64-49-61(55-31-39-67(40-32-55)81(7,8)9)46-62(50-64)56-33-41-68(42-34-56)82(10,11)12/h13-52H,1-12H3. The molecule has 0 bridgehead atoms. The molecule has 0 spiro atoms.